The fraction of sp³-hybridized carbons (Fsp3) is 0.471. The van der Waals surface area contributed by atoms with E-state index >= 15 is 0 Å². The number of carbonyl (C=O) groups excluding carboxylic acids is 2. The van der Waals surface area contributed by atoms with Crippen molar-refractivity contribution >= 4 is 23.2 Å². The van der Waals surface area contributed by atoms with Gasteiger partial charge >= 0.3 is 0 Å². The van der Waals surface area contributed by atoms with E-state index < -0.39 is 11.9 Å². The van der Waals surface area contributed by atoms with Gasteiger partial charge in [-0.2, -0.15) is 5.10 Å². The number of amides is 2. The maximum atomic E-state index is 13.1. The standard InChI is InChI=1S/C17H22FN5O2/c1-21-7-2-8-22(10-9-21)17(25)14-11-15(16(19)24)23(20-14)13-5-3-12(18)4-6-13/h3-6,15H,2,7-11H2,1H3,(H2,19,24). The molecule has 1 fully saturated rings. The summed E-state index contributed by atoms with van der Waals surface area (Å²) in [5.74, 6) is -1.11. The molecule has 1 unspecified atom stereocenters. The van der Waals surface area contributed by atoms with Crippen LogP contribution in [0.3, 0.4) is 0 Å². The lowest BCUT2D eigenvalue weighted by Crippen LogP contribution is -2.41. The van der Waals surface area contributed by atoms with Crippen molar-refractivity contribution in [3.8, 4) is 0 Å². The van der Waals surface area contributed by atoms with Crippen LogP contribution < -0.4 is 10.7 Å². The molecule has 0 aliphatic carbocycles. The number of nitrogens with two attached hydrogens (primary N) is 1. The van der Waals surface area contributed by atoms with Crippen LogP contribution in [0, 0.1) is 5.82 Å². The number of hydrogen-bond donors (Lipinski definition) is 1. The van der Waals surface area contributed by atoms with Gasteiger partial charge in [-0.25, -0.2) is 4.39 Å². The van der Waals surface area contributed by atoms with Gasteiger partial charge < -0.3 is 15.5 Å². The van der Waals surface area contributed by atoms with Crippen molar-refractivity contribution in [3.05, 3.63) is 30.1 Å². The Bertz CT molecular complexity index is 691. The van der Waals surface area contributed by atoms with Crippen LogP contribution in [0.1, 0.15) is 12.8 Å². The fourth-order valence-electron chi connectivity index (χ4n) is 3.13. The van der Waals surface area contributed by atoms with Crippen LogP contribution >= 0.6 is 0 Å². The quantitative estimate of drug-likeness (QED) is 0.859. The number of rotatable bonds is 3. The highest BCUT2D eigenvalue weighted by atomic mass is 19.1. The second kappa shape index (κ2) is 7.18. The zero-order chi connectivity index (χ0) is 18.0. The highest BCUT2D eigenvalue weighted by Gasteiger charge is 2.36. The molecule has 25 heavy (non-hydrogen) atoms. The van der Waals surface area contributed by atoms with Crippen LogP contribution in [-0.2, 0) is 9.59 Å². The van der Waals surface area contributed by atoms with Crippen LogP contribution in [-0.4, -0.2) is 66.6 Å². The first-order chi connectivity index (χ1) is 12.0. The van der Waals surface area contributed by atoms with E-state index in [-0.39, 0.29) is 18.1 Å². The Morgan fingerprint density at radius 2 is 1.88 bits per heavy atom. The Balaban J connectivity index is 1.81. The summed E-state index contributed by atoms with van der Waals surface area (Å²) in [7, 11) is 2.03. The van der Waals surface area contributed by atoms with Crippen molar-refractivity contribution in [1.82, 2.24) is 9.80 Å². The third kappa shape index (κ3) is 3.79. The van der Waals surface area contributed by atoms with Gasteiger partial charge in [-0.15, -0.1) is 0 Å². The summed E-state index contributed by atoms with van der Waals surface area (Å²) in [5.41, 5.74) is 6.33. The van der Waals surface area contributed by atoms with Crippen molar-refractivity contribution in [2.75, 3.05) is 38.2 Å². The molecule has 1 saturated heterocycles. The number of nitrogens with zero attached hydrogens (tertiary/aromatic N) is 4. The first kappa shape index (κ1) is 17.3. The highest BCUT2D eigenvalue weighted by Crippen LogP contribution is 2.25. The van der Waals surface area contributed by atoms with E-state index in [1.165, 1.54) is 29.3 Å². The van der Waals surface area contributed by atoms with E-state index in [2.05, 4.69) is 10.0 Å². The molecule has 1 aromatic rings. The number of likely N-dealkylation sites (N-methyl/N-ethyl adjacent to an activating group) is 1. The van der Waals surface area contributed by atoms with E-state index in [0.29, 0.717) is 24.5 Å². The van der Waals surface area contributed by atoms with E-state index in [1.54, 1.807) is 4.90 Å². The molecule has 1 aromatic carbocycles. The molecule has 3 rings (SSSR count). The molecule has 0 radical (unpaired) electrons. The molecule has 2 amide bonds. The van der Waals surface area contributed by atoms with Crippen LogP contribution in [0.2, 0.25) is 0 Å². The molecule has 0 bridgehead atoms. The molecular formula is C17H22FN5O2. The molecular weight excluding hydrogens is 325 g/mol. The summed E-state index contributed by atoms with van der Waals surface area (Å²) in [4.78, 5) is 28.5. The van der Waals surface area contributed by atoms with Crippen molar-refractivity contribution in [2.45, 2.75) is 18.9 Å². The number of halogens is 1. The fourth-order valence-corrected chi connectivity index (χ4v) is 3.13. The molecule has 2 heterocycles. The van der Waals surface area contributed by atoms with Gasteiger partial charge in [0, 0.05) is 26.1 Å². The third-order valence-corrected chi connectivity index (χ3v) is 4.58. The second-order valence-electron chi connectivity index (χ2n) is 6.44. The second-order valence-corrected chi connectivity index (χ2v) is 6.44. The van der Waals surface area contributed by atoms with E-state index in [9.17, 15) is 14.0 Å². The first-order valence-electron chi connectivity index (χ1n) is 8.35. The zero-order valence-corrected chi connectivity index (χ0v) is 14.2. The molecule has 2 aliphatic heterocycles. The number of benzene rings is 1. The highest BCUT2D eigenvalue weighted by molar-refractivity contribution is 6.40. The maximum absolute atomic E-state index is 13.1. The summed E-state index contributed by atoms with van der Waals surface area (Å²) in [6.07, 6.45) is 1.06. The summed E-state index contributed by atoms with van der Waals surface area (Å²) >= 11 is 0. The Morgan fingerprint density at radius 1 is 1.16 bits per heavy atom. The molecule has 7 nitrogen and oxygen atoms in total. The van der Waals surface area contributed by atoms with Gasteiger partial charge in [-0.05, 0) is 44.3 Å². The molecule has 2 aliphatic rings. The Labute approximate surface area is 145 Å². The average molecular weight is 347 g/mol. The lowest BCUT2D eigenvalue weighted by Gasteiger charge is -2.20. The predicted molar refractivity (Wildman–Crippen MR) is 92.6 cm³/mol. The number of hydrogen-bond acceptors (Lipinski definition) is 5. The normalized spacial score (nSPS) is 21.8. The molecule has 0 aromatic heterocycles. The smallest absolute Gasteiger partial charge is 0.270 e. The maximum Gasteiger partial charge on any atom is 0.270 e. The zero-order valence-electron chi connectivity index (χ0n) is 14.2. The van der Waals surface area contributed by atoms with Crippen molar-refractivity contribution in [3.63, 3.8) is 0 Å². The van der Waals surface area contributed by atoms with Gasteiger partial charge in [0.05, 0.1) is 5.69 Å². The number of hydrazone groups is 1. The largest absolute Gasteiger partial charge is 0.368 e. The van der Waals surface area contributed by atoms with Gasteiger partial charge in [0.2, 0.25) is 5.91 Å². The van der Waals surface area contributed by atoms with Gasteiger partial charge in [0.25, 0.3) is 5.91 Å². The molecule has 2 N–H and O–H groups in total. The Hall–Kier alpha value is -2.48. The molecule has 8 heteroatoms. The minimum atomic E-state index is -0.737. The van der Waals surface area contributed by atoms with Crippen molar-refractivity contribution in [2.24, 2.45) is 10.8 Å². The summed E-state index contributed by atoms with van der Waals surface area (Å²) in [6.45, 7) is 3.05. The Morgan fingerprint density at radius 3 is 2.56 bits per heavy atom. The summed E-state index contributed by atoms with van der Waals surface area (Å²) in [6, 6.07) is 4.87. The molecule has 134 valence electrons. The number of carbonyl (C=O) groups is 2. The minimum Gasteiger partial charge on any atom is -0.368 e. The average Bonchev–Trinajstić information content (AvgIpc) is 2.92. The van der Waals surface area contributed by atoms with Crippen LogP contribution in [0.15, 0.2) is 29.4 Å². The van der Waals surface area contributed by atoms with Gasteiger partial charge in [0.15, 0.2) is 0 Å². The Kier molecular flexibility index (Phi) is 4.98. The van der Waals surface area contributed by atoms with E-state index in [1.807, 2.05) is 7.05 Å². The molecule has 1 atom stereocenters. The monoisotopic (exact) mass is 347 g/mol. The van der Waals surface area contributed by atoms with E-state index in [0.717, 1.165) is 19.5 Å². The lowest BCUT2D eigenvalue weighted by molar-refractivity contribution is -0.124. The van der Waals surface area contributed by atoms with Crippen LogP contribution in [0.4, 0.5) is 10.1 Å². The predicted octanol–water partition coefficient (Wildman–Crippen LogP) is 0.410. The minimum absolute atomic E-state index is 0.161. The first-order valence-corrected chi connectivity index (χ1v) is 8.35. The topological polar surface area (TPSA) is 82.2 Å². The van der Waals surface area contributed by atoms with E-state index in [4.69, 9.17) is 5.73 Å². The third-order valence-electron chi connectivity index (χ3n) is 4.58. The summed E-state index contributed by atoms with van der Waals surface area (Å²) < 4.78 is 13.1. The van der Waals surface area contributed by atoms with Gasteiger partial charge in [-0.3, -0.25) is 14.6 Å². The molecule has 0 saturated carbocycles. The molecule has 0 spiro atoms. The van der Waals surface area contributed by atoms with Crippen LogP contribution in [0.25, 0.3) is 0 Å². The lowest BCUT2D eigenvalue weighted by atomic mass is 10.1. The van der Waals surface area contributed by atoms with Gasteiger partial charge in [0.1, 0.15) is 17.6 Å². The van der Waals surface area contributed by atoms with Crippen molar-refractivity contribution < 1.29 is 14.0 Å². The summed E-state index contributed by atoms with van der Waals surface area (Å²) in [5, 5.41) is 5.75. The number of anilines is 1. The number of primary amides is 1. The SMILES string of the molecule is CN1CCCN(C(=O)C2=NN(c3ccc(F)cc3)C(C(N)=O)C2)CC1. The van der Waals surface area contributed by atoms with Gasteiger partial charge in [-0.1, -0.05) is 0 Å². The van der Waals surface area contributed by atoms with Crippen LogP contribution in [0.5, 0.6) is 0 Å². The van der Waals surface area contributed by atoms with Crippen molar-refractivity contribution in [1.29, 1.82) is 0 Å².